The number of aliphatic imine (C=N–C) groups is 1. The van der Waals surface area contributed by atoms with Crippen LogP contribution < -0.4 is 10.0 Å². The molecule has 8 nitrogen and oxygen atoms in total. The minimum absolute atomic E-state index is 0.00197. The molecule has 0 saturated carbocycles. The van der Waals surface area contributed by atoms with E-state index in [0.717, 1.165) is 5.56 Å². The summed E-state index contributed by atoms with van der Waals surface area (Å²) in [6.07, 6.45) is 4.72. The number of nitrogens with zero attached hydrogens (tertiary/aromatic N) is 2. The number of nitrogens with one attached hydrogen (secondary N) is 2. The number of urea groups is 1. The summed E-state index contributed by atoms with van der Waals surface area (Å²) in [7, 11) is -3.84. The molecule has 25 heavy (non-hydrogen) atoms. The highest BCUT2D eigenvalue weighted by molar-refractivity contribution is 7.89. The average molecular weight is 366 g/mol. The van der Waals surface area contributed by atoms with Gasteiger partial charge in [0.15, 0.2) is 0 Å². The molecule has 0 spiro atoms. The van der Waals surface area contributed by atoms with Gasteiger partial charge in [-0.25, -0.2) is 22.9 Å². The van der Waals surface area contributed by atoms with Crippen LogP contribution >= 0.6 is 0 Å². The first-order valence-electron chi connectivity index (χ1n) is 7.66. The molecule has 1 heterocycles. The van der Waals surface area contributed by atoms with Crippen LogP contribution in [0, 0.1) is 6.92 Å². The van der Waals surface area contributed by atoms with Crippen LogP contribution in [0.5, 0.6) is 0 Å². The Morgan fingerprint density at radius 3 is 2.72 bits per heavy atom. The molecule has 2 rings (SSSR count). The molecule has 1 aromatic rings. The first kappa shape index (κ1) is 19.1. The van der Waals surface area contributed by atoms with Gasteiger partial charge in [0.1, 0.15) is 0 Å². The van der Waals surface area contributed by atoms with Crippen molar-refractivity contribution in [3.05, 3.63) is 36.0 Å². The van der Waals surface area contributed by atoms with E-state index in [1.165, 1.54) is 23.4 Å². The number of anilines is 1. The van der Waals surface area contributed by atoms with Crippen LogP contribution in [0.2, 0.25) is 0 Å². The smallest absolute Gasteiger partial charge is 0.327 e. The van der Waals surface area contributed by atoms with E-state index in [2.05, 4.69) is 15.0 Å². The fraction of sp³-hybridized carbons (Fsp3) is 0.375. The Hall–Kier alpha value is -2.23. The lowest BCUT2D eigenvalue weighted by molar-refractivity contribution is 0.208. The maximum Gasteiger partial charge on any atom is 0.327 e. The molecule has 0 saturated heterocycles. The molecular formula is C16H22N4O4S. The molecule has 0 fully saturated rings. The van der Waals surface area contributed by atoms with Crippen molar-refractivity contribution < 1.29 is 18.3 Å². The van der Waals surface area contributed by atoms with Gasteiger partial charge in [0.2, 0.25) is 10.0 Å². The molecule has 0 aliphatic carbocycles. The Balaban J connectivity index is 2.24. The molecule has 0 radical (unpaired) electrons. The quantitative estimate of drug-likeness (QED) is 0.732. The van der Waals surface area contributed by atoms with Gasteiger partial charge in [-0.05, 0) is 44.5 Å². The third-order valence-corrected chi connectivity index (χ3v) is 5.22. The van der Waals surface area contributed by atoms with Crippen molar-refractivity contribution in [3.63, 3.8) is 0 Å². The molecule has 0 aromatic heterocycles. The number of carbonyl (C=O) groups excluding carboxylic acids is 1. The highest BCUT2D eigenvalue weighted by Gasteiger charge is 2.26. The van der Waals surface area contributed by atoms with Gasteiger partial charge in [-0.1, -0.05) is 6.07 Å². The molecule has 0 unspecified atom stereocenters. The Labute approximate surface area is 147 Å². The Bertz CT molecular complexity index is 815. The summed E-state index contributed by atoms with van der Waals surface area (Å²) >= 11 is 0. The van der Waals surface area contributed by atoms with Crippen LogP contribution in [0.25, 0.3) is 0 Å². The van der Waals surface area contributed by atoms with Crippen molar-refractivity contribution in [1.82, 2.24) is 9.62 Å². The first-order chi connectivity index (χ1) is 11.6. The summed E-state index contributed by atoms with van der Waals surface area (Å²) in [6, 6.07) is 4.04. The molecule has 0 bridgehead atoms. The van der Waals surface area contributed by atoms with Crippen molar-refractivity contribution in [2.45, 2.75) is 31.2 Å². The van der Waals surface area contributed by atoms with E-state index in [9.17, 15) is 18.3 Å². The van der Waals surface area contributed by atoms with Gasteiger partial charge in [-0.15, -0.1) is 0 Å². The van der Waals surface area contributed by atoms with Gasteiger partial charge in [0.05, 0.1) is 23.4 Å². The second kappa shape index (κ2) is 7.34. The number of sulfonamides is 1. The molecule has 0 atom stereocenters. The second-order valence-corrected chi connectivity index (χ2v) is 8.04. The maximum absolute atomic E-state index is 12.5. The lowest BCUT2D eigenvalue weighted by Crippen LogP contribution is -2.46. The minimum Gasteiger partial charge on any atom is -0.394 e. The van der Waals surface area contributed by atoms with Crippen molar-refractivity contribution in [3.8, 4) is 0 Å². The largest absolute Gasteiger partial charge is 0.394 e. The van der Waals surface area contributed by atoms with Gasteiger partial charge in [0.25, 0.3) is 0 Å². The Morgan fingerprint density at radius 2 is 2.12 bits per heavy atom. The van der Waals surface area contributed by atoms with Crippen LogP contribution in [-0.4, -0.2) is 49.5 Å². The zero-order chi connectivity index (χ0) is 18.7. The van der Waals surface area contributed by atoms with Gasteiger partial charge >= 0.3 is 6.03 Å². The highest BCUT2D eigenvalue weighted by Crippen LogP contribution is 2.22. The molecular weight excluding hydrogens is 344 g/mol. The van der Waals surface area contributed by atoms with Crippen molar-refractivity contribution >= 4 is 28.1 Å². The van der Waals surface area contributed by atoms with E-state index in [1.54, 1.807) is 39.1 Å². The van der Waals surface area contributed by atoms with E-state index in [1.807, 2.05) is 0 Å². The second-order valence-electron chi connectivity index (χ2n) is 6.36. The SMILES string of the molecule is Cc1ccc(S(=O)(=O)NC(C)(C)CO)cc1NC(=O)N1C=NC=CC1. The monoisotopic (exact) mass is 366 g/mol. The predicted octanol–water partition coefficient (Wildman–Crippen LogP) is 1.43. The van der Waals surface area contributed by atoms with Gasteiger partial charge in [-0.3, -0.25) is 4.90 Å². The summed E-state index contributed by atoms with van der Waals surface area (Å²) in [5, 5.41) is 11.9. The molecule has 3 N–H and O–H groups in total. The average Bonchev–Trinajstić information content (AvgIpc) is 2.56. The van der Waals surface area contributed by atoms with E-state index in [4.69, 9.17) is 0 Å². The normalized spacial score (nSPS) is 14.6. The Morgan fingerprint density at radius 1 is 1.40 bits per heavy atom. The topological polar surface area (TPSA) is 111 Å². The van der Waals surface area contributed by atoms with Gasteiger partial charge in [-0.2, -0.15) is 0 Å². The third kappa shape index (κ3) is 4.88. The van der Waals surface area contributed by atoms with E-state index >= 15 is 0 Å². The summed E-state index contributed by atoms with van der Waals surface area (Å²) in [4.78, 5) is 17.5. The molecule has 1 aliphatic heterocycles. The lowest BCUT2D eigenvalue weighted by Gasteiger charge is -2.23. The van der Waals surface area contributed by atoms with Crippen LogP contribution in [0.3, 0.4) is 0 Å². The lowest BCUT2D eigenvalue weighted by atomic mass is 10.1. The van der Waals surface area contributed by atoms with Crippen LogP contribution in [0.15, 0.2) is 40.4 Å². The fourth-order valence-corrected chi connectivity index (χ4v) is 3.50. The van der Waals surface area contributed by atoms with E-state index in [-0.39, 0.29) is 11.5 Å². The molecule has 1 aromatic carbocycles. The number of amides is 2. The first-order valence-corrected chi connectivity index (χ1v) is 9.14. The van der Waals surface area contributed by atoms with Gasteiger partial charge < -0.3 is 10.4 Å². The summed E-state index contributed by atoms with van der Waals surface area (Å²) in [5.74, 6) is 0. The third-order valence-electron chi connectivity index (χ3n) is 3.53. The van der Waals surface area contributed by atoms with Crippen molar-refractivity contribution in [1.29, 1.82) is 0 Å². The number of aliphatic hydroxyl groups is 1. The number of carbonyl (C=O) groups is 1. The van der Waals surface area contributed by atoms with Crippen LogP contribution in [0.4, 0.5) is 10.5 Å². The number of hydrogen-bond donors (Lipinski definition) is 3. The Kier molecular flexibility index (Phi) is 5.61. The van der Waals surface area contributed by atoms with E-state index in [0.29, 0.717) is 12.2 Å². The zero-order valence-electron chi connectivity index (χ0n) is 14.4. The fourth-order valence-electron chi connectivity index (χ4n) is 2.07. The van der Waals surface area contributed by atoms with E-state index < -0.39 is 21.6 Å². The summed E-state index contributed by atoms with van der Waals surface area (Å²) < 4.78 is 27.4. The summed E-state index contributed by atoms with van der Waals surface area (Å²) in [6.45, 7) is 4.96. The standard InChI is InChI=1S/C16H22N4O4S/c1-12-5-6-13(25(23,24)19-16(2,3)10-21)9-14(12)18-15(22)20-8-4-7-17-11-20/h4-7,9,11,19,21H,8,10H2,1-3H3,(H,18,22). The predicted molar refractivity (Wildman–Crippen MR) is 96.0 cm³/mol. The molecule has 9 heteroatoms. The number of aryl methyl sites for hydroxylation is 1. The number of rotatable bonds is 5. The van der Waals surface area contributed by atoms with Crippen molar-refractivity contribution in [2.75, 3.05) is 18.5 Å². The summed E-state index contributed by atoms with van der Waals surface area (Å²) in [5.41, 5.74) is 0.111. The van der Waals surface area contributed by atoms with Crippen LogP contribution in [0.1, 0.15) is 19.4 Å². The van der Waals surface area contributed by atoms with Crippen LogP contribution in [-0.2, 0) is 10.0 Å². The number of aliphatic hydroxyl groups excluding tert-OH is 1. The maximum atomic E-state index is 12.5. The molecule has 136 valence electrons. The molecule has 2 amide bonds. The number of benzene rings is 1. The van der Waals surface area contributed by atoms with Gasteiger partial charge in [0, 0.05) is 18.4 Å². The van der Waals surface area contributed by atoms with Crippen molar-refractivity contribution in [2.24, 2.45) is 4.99 Å². The zero-order valence-corrected chi connectivity index (χ0v) is 15.2. The highest BCUT2D eigenvalue weighted by atomic mass is 32.2. The molecule has 1 aliphatic rings. The number of hydrogen-bond acceptors (Lipinski definition) is 5. The minimum atomic E-state index is -3.84.